The molecule has 0 aliphatic rings. The normalized spacial score (nSPS) is 11.5. The van der Waals surface area contributed by atoms with Crippen LogP contribution in [0.2, 0.25) is 0 Å². The molecule has 2 N–H and O–H groups in total. The number of rotatable bonds is 2. The quantitative estimate of drug-likeness (QED) is 0.735. The highest BCUT2D eigenvalue weighted by atomic mass is 19.1. The van der Waals surface area contributed by atoms with Gasteiger partial charge in [-0.3, -0.25) is 9.59 Å². The molecule has 0 aliphatic carbocycles. The summed E-state index contributed by atoms with van der Waals surface area (Å²) in [4.78, 5) is 27.0. The maximum absolute atomic E-state index is 13.0. The molecule has 128 valence electrons. The lowest BCUT2D eigenvalue weighted by Gasteiger charge is -2.21. The van der Waals surface area contributed by atoms with Crippen LogP contribution in [-0.2, 0) is 5.41 Å². The fourth-order valence-electron chi connectivity index (χ4n) is 2.76. The zero-order valence-electron chi connectivity index (χ0n) is 14.3. The molecular formula is C20H19FN2O2. The van der Waals surface area contributed by atoms with Crippen molar-refractivity contribution in [1.29, 1.82) is 0 Å². The van der Waals surface area contributed by atoms with Crippen molar-refractivity contribution in [3.8, 4) is 0 Å². The van der Waals surface area contributed by atoms with Gasteiger partial charge in [-0.25, -0.2) is 4.39 Å². The highest BCUT2D eigenvalue weighted by molar-refractivity contribution is 6.05. The van der Waals surface area contributed by atoms with Crippen molar-refractivity contribution in [3.63, 3.8) is 0 Å². The zero-order valence-corrected chi connectivity index (χ0v) is 14.3. The molecule has 0 saturated carbocycles. The standard InChI is InChI=1S/C20H19FN2O2/c1-20(2,3)16-11-18(24)23-17-10-14(8-9-15(16)17)22-19(25)12-4-6-13(21)7-5-12/h4-11H,1-3H3,(H,22,25)(H,23,24). The van der Waals surface area contributed by atoms with Crippen LogP contribution in [0.15, 0.2) is 53.3 Å². The number of hydrogen-bond donors (Lipinski definition) is 2. The first-order chi connectivity index (χ1) is 11.7. The van der Waals surface area contributed by atoms with Crippen molar-refractivity contribution in [2.75, 3.05) is 5.32 Å². The molecular weight excluding hydrogens is 319 g/mol. The third kappa shape index (κ3) is 3.60. The van der Waals surface area contributed by atoms with E-state index in [0.29, 0.717) is 16.8 Å². The third-order valence-corrected chi connectivity index (χ3v) is 4.02. The zero-order chi connectivity index (χ0) is 18.2. The van der Waals surface area contributed by atoms with Gasteiger partial charge in [-0.2, -0.15) is 0 Å². The number of nitrogens with one attached hydrogen (secondary N) is 2. The molecule has 0 fully saturated rings. The van der Waals surface area contributed by atoms with Crippen molar-refractivity contribution in [1.82, 2.24) is 4.98 Å². The smallest absolute Gasteiger partial charge is 0.255 e. The molecule has 4 nitrogen and oxygen atoms in total. The van der Waals surface area contributed by atoms with Gasteiger partial charge in [0.1, 0.15) is 5.82 Å². The van der Waals surface area contributed by atoms with Gasteiger partial charge in [-0.1, -0.05) is 26.8 Å². The molecule has 1 aromatic heterocycles. The summed E-state index contributed by atoms with van der Waals surface area (Å²) in [5.41, 5.74) is 2.17. The molecule has 5 heteroatoms. The van der Waals surface area contributed by atoms with Crippen molar-refractivity contribution in [2.24, 2.45) is 0 Å². The van der Waals surface area contributed by atoms with Crippen LogP contribution in [0.25, 0.3) is 10.9 Å². The number of carbonyl (C=O) groups is 1. The molecule has 25 heavy (non-hydrogen) atoms. The van der Waals surface area contributed by atoms with Crippen molar-refractivity contribution >= 4 is 22.5 Å². The SMILES string of the molecule is CC(C)(C)c1cc(=O)[nH]c2cc(NC(=O)c3ccc(F)cc3)ccc12. The number of amides is 1. The van der Waals surface area contributed by atoms with E-state index in [2.05, 4.69) is 10.3 Å². The summed E-state index contributed by atoms with van der Waals surface area (Å²) in [7, 11) is 0. The summed E-state index contributed by atoms with van der Waals surface area (Å²) in [6, 6.07) is 12.3. The van der Waals surface area contributed by atoms with Crippen molar-refractivity contribution in [2.45, 2.75) is 26.2 Å². The molecule has 1 amide bonds. The summed E-state index contributed by atoms with van der Waals surface area (Å²) in [6.45, 7) is 6.14. The van der Waals surface area contributed by atoms with E-state index in [4.69, 9.17) is 0 Å². The largest absolute Gasteiger partial charge is 0.322 e. The highest BCUT2D eigenvalue weighted by Gasteiger charge is 2.18. The second-order valence-corrected chi connectivity index (χ2v) is 7.02. The summed E-state index contributed by atoms with van der Waals surface area (Å²) in [5.74, 6) is -0.733. The number of aromatic nitrogens is 1. The Labute approximate surface area is 144 Å². The number of H-pyrrole nitrogens is 1. The molecule has 2 aromatic carbocycles. The van der Waals surface area contributed by atoms with Crippen LogP contribution in [0.1, 0.15) is 36.7 Å². The Morgan fingerprint density at radius 1 is 1.04 bits per heavy atom. The van der Waals surface area contributed by atoms with E-state index < -0.39 is 5.82 Å². The molecule has 0 radical (unpaired) electrons. The van der Waals surface area contributed by atoms with E-state index in [1.54, 1.807) is 18.2 Å². The van der Waals surface area contributed by atoms with E-state index in [-0.39, 0.29) is 16.9 Å². The van der Waals surface area contributed by atoms with Gasteiger partial charge >= 0.3 is 0 Å². The highest BCUT2D eigenvalue weighted by Crippen LogP contribution is 2.29. The second kappa shape index (κ2) is 6.16. The molecule has 0 bridgehead atoms. The van der Waals surface area contributed by atoms with Crippen LogP contribution < -0.4 is 10.9 Å². The molecule has 0 unspecified atom stereocenters. The van der Waals surface area contributed by atoms with Crippen LogP contribution in [0, 0.1) is 5.82 Å². The van der Waals surface area contributed by atoms with Gasteiger partial charge in [-0.05, 0) is 47.4 Å². The molecule has 1 heterocycles. The molecule has 0 spiro atoms. The molecule has 3 rings (SSSR count). The third-order valence-electron chi connectivity index (χ3n) is 4.02. The number of carbonyl (C=O) groups excluding carboxylic acids is 1. The Bertz CT molecular complexity index is 999. The number of anilines is 1. The first-order valence-electron chi connectivity index (χ1n) is 7.98. The number of fused-ring (bicyclic) bond motifs is 1. The van der Waals surface area contributed by atoms with E-state index in [1.165, 1.54) is 24.3 Å². The molecule has 0 aliphatic heterocycles. The van der Waals surface area contributed by atoms with Crippen LogP contribution in [-0.4, -0.2) is 10.9 Å². The fourth-order valence-corrected chi connectivity index (χ4v) is 2.76. The Balaban J connectivity index is 1.97. The fraction of sp³-hybridized carbons (Fsp3) is 0.200. The van der Waals surface area contributed by atoms with Gasteiger partial charge in [-0.15, -0.1) is 0 Å². The Morgan fingerprint density at radius 2 is 1.72 bits per heavy atom. The van der Waals surface area contributed by atoms with Gasteiger partial charge in [0, 0.05) is 22.7 Å². The lowest BCUT2D eigenvalue weighted by molar-refractivity contribution is 0.102. The Hall–Kier alpha value is -2.95. The van der Waals surface area contributed by atoms with E-state index in [1.807, 2.05) is 26.8 Å². The summed E-state index contributed by atoms with van der Waals surface area (Å²) < 4.78 is 13.0. The van der Waals surface area contributed by atoms with Crippen molar-refractivity contribution < 1.29 is 9.18 Å². The maximum atomic E-state index is 13.0. The number of hydrogen-bond acceptors (Lipinski definition) is 2. The van der Waals surface area contributed by atoms with E-state index in [9.17, 15) is 14.0 Å². The van der Waals surface area contributed by atoms with Crippen LogP contribution in [0.3, 0.4) is 0 Å². The van der Waals surface area contributed by atoms with Gasteiger partial charge in [0.05, 0.1) is 5.52 Å². The first-order valence-corrected chi connectivity index (χ1v) is 7.98. The minimum atomic E-state index is -0.394. The molecule has 0 atom stereocenters. The summed E-state index contributed by atoms with van der Waals surface area (Å²) in [6.07, 6.45) is 0. The van der Waals surface area contributed by atoms with Crippen LogP contribution in [0.4, 0.5) is 10.1 Å². The molecule has 3 aromatic rings. The second-order valence-electron chi connectivity index (χ2n) is 7.02. The lowest BCUT2D eigenvalue weighted by Crippen LogP contribution is -2.17. The number of pyridine rings is 1. The predicted molar refractivity (Wildman–Crippen MR) is 97.6 cm³/mol. The Morgan fingerprint density at radius 3 is 2.36 bits per heavy atom. The number of benzene rings is 2. The summed E-state index contributed by atoms with van der Waals surface area (Å²) in [5, 5.41) is 3.70. The number of halogens is 1. The van der Waals surface area contributed by atoms with Crippen LogP contribution in [0.5, 0.6) is 0 Å². The topological polar surface area (TPSA) is 62.0 Å². The van der Waals surface area contributed by atoms with Gasteiger partial charge < -0.3 is 10.3 Å². The monoisotopic (exact) mass is 338 g/mol. The van der Waals surface area contributed by atoms with Gasteiger partial charge in [0.25, 0.3) is 5.91 Å². The molecule has 0 saturated heterocycles. The minimum absolute atomic E-state index is 0.175. The average molecular weight is 338 g/mol. The van der Waals surface area contributed by atoms with Crippen molar-refractivity contribution in [3.05, 3.63) is 75.8 Å². The van der Waals surface area contributed by atoms with E-state index in [0.717, 1.165) is 10.9 Å². The number of aromatic amines is 1. The average Bonchev–Trinajstić information content (AvgIpc) is 2.53. The minimum Gasteiger partial charge on any atom is -0.322 e. The lowest BCUT2D eigenvalue weighted by atomic mass is 9.85. The van der Waals surface area contributed by atoms with Gasteiger partial charge in [0.2, 0.25) is 5.56 Å². The maximum Gasteiger partial charge on any atom is 0.255 e. The predicted octanol–water partition coefficient (Wildman–Crippen LogP) is 4.22. The van der Waals surface area contributed by atoms with Gasteiger partial charge in [0.15, 0.2) is 0 Å². The van der Waals surface area contributed by atoms with E-state index >= 15 is 0 Å². The summed E-state index contributed by atoms with van der Waals surface area (Å²) >= 11 is 0. The first kappa shape index (κ1) is 16.9. The Kier molecular flexibility index (Phi) is 4.17. The van der Waals surface area contributed by atoms with Crippen LogP contribution >= 0.6 is 0 Å².